The molecule has 0 saturated carbocycles. The molecule has 0 saturated heterocycles. The molecule has 0 fully saturated rings. The predicted molar refractivity (Wildman–Crippen MR) is 33.3 cm³/mol. The van der Waals surface area contributed by atoms with E-state index in [1.165, 1.54) is 0 Å². The number of terminal acetylenes is 1. The van der Waals surface area contributed by atoms with Gasteiger partial charge in [-0.2, -0.15) is 8.42 Å². The molecule has 0 radical (unpaired) electrons. The van der Waals surface area contributed by atoms with Gasteiger partial charge in [0.1, 0.15) is 6.11 Å². The van der Waals surface area contributed by atoms with E-state index in [-0.39, 0.29) is 0 Å². The molecule has 0 aliphatic heterocycles. The molecular weight excluding hydrogens is 200 g/mol. The fourth-order valence-electron chi connectivity index (χ4n) is 0.224. The highest BCUT2D eigenvalue weighted by Gasteiger charge is 2.28. The van der Waals surface area contributed by atoms with Crippen molar-refractivity contribution in [3.8, 4) is 12.5 Å². The number of halogens is 1. The summed E-state index contributed by atoms with van der Waals surface area (Å²) in [6, 6.07) is 0. The minimum atomic E-state index is -5.14. The summed E-state index contributed by atoms with van der Waals surface area (Å²) in [6.45, 7) is 0. The van der Waals surface area contributed by atoms with E-state index in [9.17, 15) is 17.2 Å². The Kier molecular flexibility index (Phi) is 3.02. The van der Waals surface area contributed by atoms with Gasteiger partial charge in [0.2, 0.25) is 0 Å². The van der Waals surface area contributed by atoms with Crippen LogP contribution in [0, 0.1) is 12.5 Å². The van der Waals surface area contributed by atoms with Crippen LogP contribution in [-0.4, -0.2) is 13.0 Å². The average Bonchev–Trinajstić information content (AvgIpc) is 1.55. The molecule has 1 atom stereocenters. The molecule has 0 aromatic carbocycles. The van der Waals surface area contributed by atoms with Crippen molar-refractivity contribution in [1.29, 1.82) is 0 Å². The van der Waals surface area contributed by atoms with Crippen molar-refractivity contribution in [3.05, 3.63) is 0 Å². The van der Waals surface area contributed by atoms with Gasteiger partial charge in [-0.15, -0.1) is 4.20 Å². The molecule has 0 heterocycles. The lowest BCUT2D eigenvalue weighted by Crippen LogP contribution is -2.17. The van der Waals surface area contributed by atoms with E-state index < -0.39 is 18.1 Å². The molecule has 0 aliphatic carbocycles. The Morgan fingerprint density at radius 3 is 2.45 bits per heavy atom. The Morgan fingerprint density at radius 1 is 1.73 bits per heavy atom. The van der Waals surface area contributed by atoms with Crippen LogP contribution in [0.2, 0.25) is 0 Å². The van der Waals surface area contributed by atoms with E-state index in [2.05, 4.69) is 10.9 Å². The van der Waals surface area contributed by atoms with Crippen LogP contribution in [-0.2, 0) is 19.4 Å². The molecule has 0 rings (SSSR count). The zero-order valence-corrected chi connectivity index (χ0v) is 6.60. The van der Waals surface area contributed by atoms with Crippen LogP contribution >= 0.6 is 7.83 Å². The van der Waals surface area contributed by atoms with Gasteiger partial charge in [-0.1, -0.05) is 10.9 Å². The van der Waals surface area contributed by atoms with Gasteiger partial charge in [-0.05, 0) is 0 Å². The molecule has 0 bridgehead atoms. The Morgan fingerprint density at radius 2 is 2.18 bits per heavy atom. The van der Waals surface area contributed by atoms with E-state index in [1.54, 1.807) is 0 Å². The third kappa shape index (κ3) is 5.82. The second-order valence-electron chi connectivity index (χ2n) is 1.26. The second-order valence-corrected chi connectivity index (χ2v) is 4.08. The minimum Gasteiger partial charge on any atom is -0.356 e. The first kappa shape index (κ1) is 10.4. The molecule has 1 unspecified atom stereocenters. The highest BCUT2D eigenvalue weighted by Crippen LogP contribution is 2.43. The molecule has 6 nitrogen and oxygen atoms in total. The Labute approximate surface area is 62.3 Å². The Hall–Kier alpha value is -0.610. The third-order valence-electron chi connectivity index (χ3n) is 0.395. The molecule has 0 spiro atoms. The second kappa shape index (κ2) is 3.19. The van der Waals surface area contributed by atoms with Crippen molar-refractivity contribution in [3.63, 3.8) is 0 Å². The zero-order valence-electron chi connectivity index (χ0n) is 4.89. The van der Waals surface area contributed by atoms with Crippen LogP contribution in [0.25, 0.3) is 0 Å². The summed E-state index contributed by atoms with van der Waals surface area (Å²) in [5.41, 5.74) is 0. The molecule has 9 heteroatoms. The van der Waals surface area contributed by atoms with Crippen molar-refractivity contribution in [1.82, 2.24) is 4.49 Å². The Balaban J connectivity index is 4.41. The average molecular weight is 203 g/mol. The van der Waals surface area contributed by atoms with Gasteiger partial charge in [0, 0.05) is 0 Å². The molecule has 2 N–H and O–H groups in total. The van der Waals surface area contributed by atoms with Crippen LogP contribution in [0.5, 0.6) is 0 Å². The summed E-state index contributed by atoms with van der Waals surface area (Å²) in [4.78, 5) is 0. The predicted octanol–water partition coefficient (Wildman–Crippen LogP) is 0.0637. The number of nitrogens with one attached hydrogen (secondary N) is 1. The summed E-state index contributed by atoms with van der Waals surface area (Å²) in [5.74, 6) is 0. The third-order valence-corrected chi connectivity index (χ3v) is 2.53. The van der Waals surface area contributed by atoms with Gasteiger partial charge < -0.3 is 4.52 Å². The molecule has 11 heavy (non-hydrogen) atoms. The first-order chi connectivity index (χ1) is 4.77. The summed E-state index contributed by atoms with van der Waals surface area (Å²) in [6.07, 6.45) is 5.49. The fourth-order valence-corrected chi connectivity index (χ4v) is 1.61. The van der Waals surface area contributed by atoms with E-state index >= 15 is 0 Å². The maximum Gasteiger partial charge on any atom is 0.520 e. The van der Waals surface area contributed by atoms with E-state index in [0.717, 1.165) is 6.11 Å². The lowest BCUT2D eigenvalue weighted by Gasteiger charge is -2.02. The number of hydrogen-bond acceptors (Lipinski definition) is 4. The molecule has 64 valence electrons. The normalized spacial score (nSPS) is 16.5. The first-order valence-electron chi connectivity index (χ1n) is 1.97. The van der Waals surface area contributed by atoms with Gasteiger partial charge >= 0.3 is 18.1 Å². The monoisotopic (exact) mass is 203 g/mol. The van der Waals surface area contributed by atoms with Crippen molar-refractivity contribution in [2.45, 2.75) is 0 Å². The molecular formula is C2H3FNO5PS. The van der Waals surface area contributed by atoms with Gasteiger partial charge in [0.05, 0.1) is 0 Å². The van der Waals surface area contributed by atoms with Crippen LogP contribution in [0.4, 0.5) is 4.20 Å². The summed E-state index contributed by atoms with van der Waals surface area (Å²) >= 11 is 0. The first-order valence-corrected chi connectivity index (χ1v) is 4.93. The quantitative estimate of drug-likeness (QED) is 0.384. The largest absolute Gasteiger partial charge is 0.520 e. The summed E-state index contributed by atoms with van der Waals surface area (Å²) in [5, 5.41) is 0. The topological polar surface area (TPSA) is 92.7 Å². The van der Waals surface area contributed by atoms with Crippen LogP contribution in [0.3, 0.4) is 0 Å². The minimum absolute atomic E-state index is 0.648. The molecule has 0 aliphatic rings. The van der Waals surface area contributed by atoms with Crippen LogP contribution in [0.15, 0.2) is 0 Å². The van der Waals surface area contributed by atoms with E-state index in [4.69, 9.17) is 4.55 Å². The maximum atomic E-state index is 12.1. The molecule has 0 aromatic heterocycles. The van der Waals surface area contributed by atoms with Gasteiger partial charge in [0.15, 0.2) is 0 Å². The number of rotatable bonds is 3. The highest BCUT2D eigenvalue weighted by atomic mass is 32.2. The SMILES string of the molecule is C#COP(=O)(F)NS(=O)(=O)O. The van der Waals surface area contributed by atoms with Crippen molar-refractivity contribution >= 4 is 18.1 Å². The van der Waals surface area contributed by atoms with Crippen molar-refractivity contribution in [2.75, 3.05) is 0 Å². The van der Waals surface area contributed by atoms with Crippen LogP contribution in [0.1, 0.15) is 0 Å². The zero-order chi connectivity index (χ0) is 9.12. The fraction of sp³-hybridized carbons (Fsp3) is 0. The van der Waals surface area contributed by atoms with Gasteiger partial charge in [-0.3, -0.25) is 4.55 Å². The molecule has 0 aromatic rings. The molecule has 0 amide bonds. The lowest BCUT2D eigenvalue weighted by atomic mass is 11.3. The van der Waals surface area contributed by atoms with Crippen molar-refractivity contribution in [2.24, 2.45) is 0 Å². The summed E-state index contributed by atoms with van der Waals surface area (Å²) in [7, 11) is -10.1. The van der Waals surface area contributed by atoms with E-state index in [1.807, 2.05) is 0 Å². The summed E-state index contributed by atoms with van der Waals surface area (Å²) < 4.78 is 53.8. The standard InChI is InChI=1S/C2H3FNO5PS/c1-2-9-10(3,5)4-11(6,7)8/h1H,(H,4,5)(H,6,7,8). The smallest absolute Gasteiger partial charge is 0.356 e. The Bertz CT molecular complexity index is 316. The number of hydrogen-bond donors (Lipinski definition) is 2. The lowest BCUT2D eigenvalue weighted by molar-refractivity contribution is 0.404. The van der Waals surface area contributed by atoms with Crippen LogP contribution < -0.4 is 4.49 Å². The van der Waals surface area contributed by atoms with E-state index in [0.29, 0.717) is 4.49 Å². The highest BCUT2D eigenvalue weighted by molar-refractivity contribution is 7.89. The van der Waals surface area contributed by atoms with Gasteiger partial charge in [-0.25, -0.2) is 4.57 Å². The van der Waals surface area contributed by atoms with Gasteiger partial charge in [0.25, 0.3) is 0 Å². The van der Waals surface area contributed by atoms with Crippen molar-refractivity contribution < 1.29 is 26.3 Å². The maximum absolute atomic E-state index is 12.1.